The Morgan fingerprint density at radius 1 is 1.44 bits per heavy atom. The average molecular weight is 337 g/mol. The first-order valence-corrected chi connectivity index (χ1v) is 8.26. The fourth-order valence-corrected chi connectivity index (χ4v) is 3.47. The summed E-state index contributed by atoms with van der Waals surface area (Å²) < 4.78 is 33.5. The number of carbonyl (C=O) groups is 1. The molecule has 1 aromatic heterocycles. The van der Waals surface area contributed by atoms with Gasteiger partial charge in [0.15, 0.2) is 4.67 Å². The highest BCUT2D eigenvalue weighted by molar-refractivity contribution is 9.10. The van der Waals surface area contributed by atoms with Crippen molar-refractivity contribution in [2.75, 3.05) is 6.26 Å². The van der Waals surface area contributed by atoms with Crippen LogP contribution in [0, 0.1) is 0 Å². The fourth-order valence-electron chi connectivity index (χ4n) is 2.03. The second-order valence-electron chi connectivity index (χ2n) is 4.40. The zero-order valence-corrected chi connectivity index (χ0v) is 12.2. The highest BCUT2D eigenvalue weighted by atomic mass is 79.9. The van der Waals surface area contributed by atoms with Crippen molar-refractivity contribution in [1.29, 1.82) is 0 Å². The van der Waals surface area contributed by atoms with E-state index in [0.29, 0.717) is 23.9 Å². The molecule has 0 N–H and O–H groups in total. The van der Waals surface area contributed by atoms with Gasteiger partial charge in [-0.1, -0.05) is 0 Å². The highest BCUT2D eigenvalue weighted by Gasteiger charge is 2.34. The maximum absolute atomic E-state index is 11.7. The standard InChI is InChI=1S/C11H13BrO5S/c1-18(14,15)8-3-2-7(6-8)16-11(13)9-4-5-10(12)17-9/h4-5,7-8H,2-3,6H2,1H3/t7-,8-/m1/s1. The molecule has 0 aromatic carbocycles. The van der Waals surface area contributed by atoms with Gasteiger partial charge in [-0.25, -0.2) is 13.2 Å². The van der Waals surface area contributed by atoms with Crippen molar-refractivity contribution < 1.29 is 22.4 Å². The van der Waals surface area contributed by atoms with Crippen molar-refractivity contribution in [3.8, 4) is 0 Å². The molecule has 1 aliphatic carbocycles. The quantitative estimate of drug-likeness (QED) is 0.791. The van der Waals surface area contributed by atoms with Gasteiger partial charge in [0.25, 0.3) is 0 Å². The Hall–Kier alpha value is -0.820. The molecular weight excluding hydrogens is 324 g/mol. The van der Waals surface area contributed by atoms with E-state index in [1.165, 1.54) is 12.3 Å². The van der Waals surface area contributed by atoms with Crippen LogP contribution in [0.25, 0.3) is 0 Å². The lowest BCUT2D eigenvalue weighted by atomic mass is 10.3. The molecule has 0 amide bonds. The summed E-state index contributed by atoms with van der Waals surface area (Å²) in [6, 6.07) is 3.11. The van der Waals surface area contributed by atoms with Crippen molar-refractivity contribution in [2.45, 2.75) is 30.6 Å². The molecule has 0 spiro atoms. The summed E-state index contributed by atoms with van der Waals surface area (Å²) in [7, 11) is -3.05. The number of ether oxygens (including phenoxy) is 1. The zero-order chi connectivity index (χ0) is 13.3. The Labute approximate surface area is 114 Å². The first-order chi connectivity index (χ1) is 8.36. The predicted molar refractivity (Wildman–Crippen MR) is 68.1 cm³/mol. The molecule has 1 aliphatic rings. The normalized spacial score (nSPS) is 24.1. The van der Waals surface area contributed by atoms with Crippen molar-refractivity contribution in [1.82, 2.24) is 0 Å². The molecule has 1 fully saturated rings. The monoisotopic (exact) mass is 336 g/mol. The van der Waals surface area contributed by atoms with Gasteiger partial charge >= 0.3 is 5.97 Å². The van der Waals surface area contributed by atoms with E-state index in [4.69, 9.17) is 9.15 Å². The van der Waals surface area contributed by atoms with Crippen LogP contribution in [0.5, 0.6) is 0 Å². The van der Waals surface area contributed by atoms with E-state index >= 15 is 0 Å². The topological polar surface area (TPSA) is 73.6 Å². The van der Waals surface area contributed by atoms with Crippen LogP contribution in [-0.2, 0) is 14.6 Å². The third-order valence-corrected chi connectivity index (χ3v) is 5.06. The van der Waals surface area contributed by atoms with Gasteiger partial charge in [-0.15, -0.1) is 0 Å². The van der Waals surface area contributed by atoms with E-state index in [-0.39, 0.29) is 11.9 Å². The van der Waals surface area contributed by atoms with Crippen LogP contribution in [0.15, 0.2) is 21.2 Å². The molecule has 5 nitrogen and oxygen atoms in total. The van der Waals surface area contributed by atoms with Crippen molar-refractivity contribution >= 4 is 31.7 Å². The average Bonchev–Trinajstić information content (AvgIpc) is 2.85. The molecular formula is C11H13BrO5S. The maximum atomic E-state index is 11.7. The van der Waals surface area contributed by atoms with Crippen LogP contribution < -0.4 is 0 Å². The van der Waals surface area contributed by atoms with Crippen LogP contribution in [0.2, 0.25) is 0 Å². The van der Waals surface area contributed by atoms with E-state index in [1.807, 2.05) is 0 Å². The Bertz CT molecular complexity index is 548. The largest absolute Gasteiger partial charge is 0.456 e. The second-order valence-corrected chi connectivity index (χ2v) is 7.50. The minimum atomic E-state index is -3.05. The van der Waals surface area contributed by atoms with E-state index in [1.54, 1.807) is 6.07 Å². The molecule has 1 aromatic rings. The van der Waals surface area contributed by atoms with Gasteiger partial charge in [0.05, 0.1) is 5.25 Å². The number of halogens is 1. The van der Waals surface area contributed by atoms with E-state index in [9.17, 15) is 13.2 Å². The van der Waals surface area contributed by atoms with Gasteiger partial charge < -0.3 is 9.15 Å². The minimum Gasteiger partial charge on any atom is -0.456 e. The van der Waals surface area contributed by atoms with Gasteiger partial charge in [-0.3, -0.25) is 0 Å². The van der Waals surface area contributed by atoms with Gasteiger partial charge in [0.2, 0.25) is 5.76 Å². The Morgan fingerprint density at radius 3 is 2.67 bits per heavy atom. The molecule has 0 radical (unpaired) electrons. The van der Waals surface area contributed by atoms with Gasteiger partial charge in [-0.05, 0) is 40.9 Å². The molecule has 1 saturated carbocycles. The lowest BCUT2D eigenvalue weighted by molar-refractivity contribution is 0.0281. The zero-order valence-electron chi connectivity index (χ0n) is 9.76. The third-order valence-electron chi connectivity index (χ3n) is 2.99. The smallest absolute Gasteiger partial charge is 0.374 e. The number of esters is 1. The molecule has 2 rings (SSSR count). The summed E-state index contributed by atoms with van der Waals surface area (Å²) in [5.41, 5.74) is 0. The van der Waals surface area contributed by atoms with Gasteiger partial charge in [0.1, 0.15) is 15.9 Å². The van der Waals surface area contributed by atoms with Crippen LogP contribution in [-0.4, -0.2) is 32.0 Å². The highest BCUT2D eigenvalue weighted by Crippen LogP contribution is 2.28. The van der Waals surface area contributed by atoms with E-state index < -0.39 is 21.1 Å². The Balaban J connectivity index is 1.94. The summed E-state index contributed by atoms with van der Waals surface area (Å²) in [5, 5.41) is -0.404. The van der Waals surface area contributed by atoms with Crippen molar-refractivity contribution in [3.63, 3.8) is 0 Å². The first-order valence-electron chi connectivity index (χ1n) is 5.51. The Kier molecular flexibility index (Phi) is 3.82. The summed E-state index contributed by atoms with van der Waals surface area (Å²) in [6.45, 7) is 0. The molecule has 0 saturated heterocycles. The fraction of sp³-hybridized carbons (Fsp3) is 0.545. The van der Waals surface area contributed by atoms with Crippen LogP contribution in [0.1, 0.15) is 29.8 Å². The minimum absolute atomic E-state index is 0.115. The molecule has 100 valence electrons. The molecule has 7 heteroatoms. The van der Waals surface area contributed by atoms with Crippen LogP contribution in [0.3, 0.4) is 0 Å². The first kappa shape index (κ1) is 13.6. The van der Waals surface area contributed by atoms with Crippen LogP contribution >= 0.6 is 15.9 Å². The van der Waals surface area contributed by atoms with Crippen molar-refractivity contribution in [3.05, 3.63) is 22.6 Å². The summed E-state index contributed by atoms with van der Waals surface area (Å²) in [4.78, 5) is 11.7. The van der Waals surface area contributed by atoms with Gasteiger partial charge in [-0.2, -0.15) is 0 Å². The summed E-state index contributed by atoms with van der Waals surface area (Å²) >= 11 is 3.10. The SMILES string of the molecule is CS(=O)(=O)[C@@H]1CC[C@@H](OC(=O)c2ccc(Br)o2)C1. The molecule has 1 heterocycles. The molecule has 0 aliphatic heterocycles. The number of hydrogen-bond donors (Lipinski definition) is 0. The van der Waals surface area contributed by atoms with Crippen LogP contribution in [0.4, 0.5) is 0 Å². The summed E-state index contributed by atoms with van der Waals surface area (Å²) in [5.74, 6) is -0.440. The number of rotatable bonds is 3. The number of furan rings is 1. The molecule has 18 heavy (non-hydrogen) atoms. The van der Waals surface area contributed by atoms with E-state index in [0.717, 1.165) is 0 Å². The van der Waals surface area contributed by atoms with Gasteiger partial charge in [0, 0.05) is 12.7 Å². The number of carbonyl (C=O) groups excluding carboxylic acids is 1. The molecule has 0 unspecified atom stereocenters. The number of hydrogen-bond acceptors (Lipinski definition) is 5. The third kappa shape index (κ3) is 3.14. The second kappa shape index (κ2) is 5.05. The van der Waals surface area contributed by atoms with Crippen molar-refractivity contribution in [2.24, 2.45) is 0 Å². The predicted octanol–water partition coefficient (Wildman–Crippen LogP) is 2.16. The van der Waals surface area contributed by atoms with E-state index in [2.05, 4.69) is 15.9 Å². The molecule has 2 atom stereocenters. The Morgan fingerprint density at radius 2 is 2.17 bits per heavy atom. The molecule has 0 bridgehead atoms. The lowest BCUT2D eigenvalue weighted by Crippen LogP contribution is -2.20. The number of sulfone groups is 1. The lowest BCUT2D eigenvalue weighted by Gasteiger charge is -2.10. The maximum Gasteiger partial charge on any atom is 0.374 e. The summed E-state index contributed by atoms with van der Waals surface area (Å²) in [6.07, 6.45) is 2.35.